The highest BCUT2D eigenvalue weighted by atomic mass is 19.1. The van der Waals surface area contributed by atoms with Gasteiger partial charge in [-0.15, -0.1) is 0 Å². The highest BCUT2D eigenvalue weighted by Crippen LogP contribution is 2.44. The van der Waals surface area contributed by atoms with Gasteiger partial charge >= 0.3 is 11.9 Å². The Balaban J connectivity index is 1.28. The van der Waals surface area contributed by atoms with E-state index in [9.17, 15) is 14.0 Å². The Labute approximate surface area is 189 Å². The molecule has 2 aromatic rings. The van der Waals surface area contributed by atoms with Crippen molar-refractivity contribution >= 4 is 11.9 Å². The number of rotatable bonds is 6. The van der Waals surface area contributed by atoms with Gasteiger partial charge in [0, 0.05) is 0 Å². The van der Waals surface area contributed by atoms with E-state index in [1.807, 2.05) is 0 Å². The zero-order valence-corrected chi connectivity index (χ0v) is 18.6. The summed E-state index contributed by atoms with van der Waals surface area (Å²) >= 11 is 0. The van der Waals surface area contributed by atoms with E-state index in [1.165, 1.54) is 56.4 Å². The zero-order valence-electron chi connectivity index (χ0n) is 18.6. The lowest BCUT2D eigenvalue weighted by atomic mass is 9.66. The summed E-state index contributed by atoms with van der Waals surface area (Å²) in [6.07, 6.45) is 9.59. The van der Waals surface area contributed by atoms with Crippen LogP contribution < -0.4 is 4.74 Å². The maximum atomic E-state index is 13.0. The van der Waals surface area contributed by atoms with Gasteiger partial charge in [0.2, 0.25) is 0 Å². The van der Waals surface area contributed by atoms with Crippen LogP contribution in [0.3, 0.4) is 0 Å². The van der Waals surface area contributed by atoms with E-state index < -0.39 is 11.8 Å². The molecule has 0 N–H and O–H groups in total. The van der Waals surface area contributed by atoms with Gasteiger partial charge < -0.3 is 9.47 Å². The smallest absolute Gasteiger partial charge is 0.343 e. The zero-order chi connectivity index (χ0) is 22.5. The van der Waals surface area contributed by atoms with E-state index in [4.69, 9.17) is 9.47 Å². The molecule has 4 rings (SSSR count). The monoisotopic (exact) mass is 438 g/mol. The predicted molar refractivity (Wildman–Crippen MR) is 120 cm³/mol. The van der Waals surface area contributed by atoms with Crippen LogP contribution in [0.15, 0.2) is 48.5 Å². The van der Waals surface area contributed by atoms with Crippen LogP contribution in [0, 0.1) is 23.6 Å². The molecule has 0 aliphatic heterocycles. The first-order valence-corrected chi connectivity index (χ1v) is 11.8. The van der Waals surface area contributed by atoms with Crippen molar-refractivity contribution < 1.29 is 23.5 Å². The third-order valence-corrected chi connectivity index (χ3v) is 7.02. The highest BCUT2D eigenvalue weighted by molar-refractivity contribution is 5.92. The topological polar surface area (TPSA) is 52.6 Å². The average molecular weight is 439 g/mol. The molecule has 0 bridgehead atoms. The van der Waals surface area contributed by atoms with Crippen LogP contribution >= 0.6 is 0 Å². The quantitative estimate of drug-likeness (QED) is 0.377. The molecule has 2 aliphatic rings. The fourth-order valence-corrected chi connectivity index (χ4v) is 5.35. The maximum absolute atomic E-state index is 13.0. The minimum atomic E-state index is -0.578. The molecule has 0 saturated heterocycles. The Hall–Kier alpha value is -2.69. The number of halogens is 1. The standard InChI is InChI=1S/C27H31FO4/c1-2-3-18-4-5-22-17-25(15-10-21(22)16-18)32-27(30)20-8-13-24(14-9-20)31-26(29)19-6-11-23(28)12-7-19/h6-9,11-14,18,21-22,25H,2-5,10,15-17H2,1H3/t18-,21+,22+,25+/m0/s1. The molecule has 2 fully saturated rings. The van der Waals surface area contributed by atoms with Crippen LogP contribution in [-0.2, 0) is 4.74 Å². The largest absolute Gasteiger partial charge is 0.459 e. The van der Waals surface area contributed by atoms with Gasteiger partial charge in [-0.05, 0) is 98.4 Å². The van der Waals surface area contributed by atoms with Crippen LogP contribution in [0.5, 0.6) is 5.75 Å². The molecule has 0 aromatic heterocycles. The lowest BCUT2D eigenvalue weighted by molar-refractivity contribution is -0.00620. The van der Waals surface area contributed by atoms with Gasteiger partial charge in [-0.1, -0.05) is 26.2 Å². The molecule has 2 aliphatic carbocycles. The summed E-state index contributed by atoms with van der Waals surface area (Å²) in [5.41, 5.74) is 0.703. The second-order valence-electron chi connectivity index (χ2n) is 9.25. The Morgan fingerprint density at radius 2 is 1.47 bits per heavy atom. The summed E-state index contributed by atoms with van der Waals surface area (Å²) in [5.74, 6) is 1.36. The number of fused-ring (bicyclic) bond motifs is 1. The number of hydrogen-bond donors (Lipinski definition) is 0. The fraction of sp³-hybridized carbons (Fsp3) is 0.481. The summed E-state index contributed by atoms with van der Waals surface area (Å²) in [4.78, 5) is 24.8. The van der Waals surface area contributed by atoms with E-state index in [2.05, 4.69) is 6.92 Å². The van der Waals surface area contributed by atoms with Crippen LogP contribution in [0.1, 0.15) is 79.0 Å². The fourth-order valence-electron chi connectivity index (χ4n) is 5.35. The number of benzene rings is 2. The molecule has 2 saturated carbocycles. The first-order chi connectivity index (χ1) is 15.5. The van der Waals surface area contributed by atoms with Gasteiger partial charge in [0.1, 0.15) is 17.7 Å². The Kier molecular flexibility index (Phi) is 7.23. The highest BCUT2D eigenvalue weighted by Gasteiger charge is 2.36. The number of esters is 2. The van der Waals surface area contributed by atoms with Crippen molar-refractivity contribution in [3.05, 3.63) is 65.5 Å². The van der Waals surface area contributed by atoms with Gasteiger partial charge in [-0.3, -0.25) is 0 Å². The van der Waals surface area contributed by atoms with Crippen LogP contribution in [0.2, 0.25) is 0 Å². The van der Waals surface area contributed by atoms with Gasteiger partial charge in [-0.2, -0.15) is 0 Å². The molecule has 0 spiro atoms. The number of hydrogen-bond acceptors (Lipinski definition) is 4. The van der Waals surface area contributed by atoms with Gasteiger partial charge in [0.05, 0.1) is 11.1 Å². The molecule has 0 radical (unpaired) electrons. The molecule has 2 aromatic carbocycles. The van der Waals surface area contributed by atoms with Crippen molar-refractivity contribution in [2.75, 3.05) is 0 Å². The van der Waals surface area contributed by atoms with Crippen LogP contribution in [0.4, 0.5) is 4.39 Å². The summed E-state index contributed by atoms with van der Waals surface area (Å²) in [7, 11) is 0. The van der Waals surface area contributed by atoms with E-state index in [1.54, 1.807) is 24.3 Å². The van der Waals surface area contributed by atoms with Crippen molar-refractivity contribution in [3.63, 3.8) is 0 Å². The maximum Gasteiger partial charge on any atom is 0.343 e. The Morgan fingerprint density at radius 3 is 2.19 bits per heavy atom. The van der Waals surface area contributed by atoms with Crippen molar-refractivity contribution in [3.8, 4) is 5.75 Å². The second-order valence-corrected chi connectivity index (χ2v) is 9.25. The predicted octanol–water partition coefficient (Wildman–Crippen LogP) is 6.59. The number of ether oxygens (including phenoxy) is 2. The van der Waals surface area contributed by atoms with Crippen LogP contribution in [-0.4, -0.2) is 18.0 Å². The third kappa shape index (κ3) is 5.56. The minimum Gasteiger partial charge on any atom is -0.459 e. The molecule has 0 unspecified atom stereocenters. The Bertz CT molecular complexity index is 922. The Morgan fingerprint density at radius 1 is 0.844 bits per heavy atom. The molecule has 4 nitrogen and oxygen atoms in total. The summed E-state index contributed by atoms with van der Waals surface area (Å²) in [5, 5.41) is 0. The second kappa shape index (κ2) is 10.3. The molecule has 170 valence electrons. The van der Waals surface area contributed by atoms with E-state index in [0.29, 0.717) is 17.2 Å². The van der Waals surface area contributed by atoms with Gasteiger partial charge in [0.25, 0.3) is 0 Å². The molecule has 4 atom stereocenters. The summed E-state index contributed by atoms with van der Waals surface area (Å²) in [6, 6.07) is 11.5. The van der Waals surface area contributed by atoms with E-state index in [0.717, 1.165) is 31.1 Å². The lowest BCUT2D eigenvalue weighted by Gasteiger charge is -2.41. The van der Waals surface area contributed by atoms with Crippen LogP contribution in [0.25, 0.3) is 0 Å². The molecule has 5 heteroatoms. The first kappa shape index (κ1) is 22.5. The molecule has 0 heterocycles. The molecule has 0 amide bonds. The first-order valence-electron chi connectivity index (χ1n) is 11.8. The molecule has 32 heavy (non-hydrogen) atoms. The van der Waals surface area contributed by atoms with Crippen molar-refractivity contribution in [1.82, 2.24) is 0 Å². The van der Waals surface area contributed by atoms with Gasteiger partial charge in [-0.25, -0.2) is 14.0 Å². The van der Waals surface area contributed by atoms with E-state index >= 15 is 0 Å². The van der Waals surface area contributed by atoms with Gasteiger partial charge in [0.15, 0.2) is 0 Å². The average Bonchev–Trinajstić information content (AvgIpc) is 2.80. The minimum absolute atomic E-state index is 0.0116. The van der Waals surface area contributed by atoms with E-state index in [-0.39, 0.29) is 17.6 Å². The number of carbonyl (C=O) groups excluding carboxylic acids is 2. The normalized spacial score (nSPS) is 24.9. The molecular weight excluding hydrogens is 407 g/mol. The van der Waals surface area contributed by atoms with Crippen molar-refractivity contribution in [2.45, 2.75) is 64.4 Å². The SMILES string of the molecule is CCC[C@H]1CC[C@@H]2C[C@H](OC(=O)c3ccc(OC(=O)c4ccc(F)cc4)cc3)CC[C@@H]2C1. The third-order valence-electron chi connectivity index (χ3n) is 7.02. The summed E-state index contributed by atoms with van der Waals surface area (Å²) < 4.78 is 24.1. The summed E-state index contributed by atoms with van der Waals surface area (Å²) in [6.45, 7) is 2.27. The van der Waals surface area contributed by atoms with Crippen molar-refractivity contribution in [1.29, 1.82) is 0 Å². The lowest BCUT2D eigenvalue weighted by Crippen LogP contribution is -2.35. The number of carbonyl (C=O) groups is 2. The molecular formula is C27H31FO4. The van der Waals surface area contributed by atoms with Crippen molar-refractivity contribution in [2.24, 2.45) is 17.8 Å².